The van der Waals surface area contributed by atoms with Crippen molar-refractivity contribution in [1.29, 1.82) is 0 Å². The molecule has 0 radical (unpaired) electrons. The van der Waals surface area contributed by atoms with Gasteiger partial charge in [0.25, 0.3) is 0 Å². The molecule has 5 heteroatoms. The number of nitrogens with one attached hydrogen (secondary N) is 2. The maximum atomic E-state index is 11.5. The zero-order chi connectivity index (χ0) is 15.5. The number of hydrogen-bond acceptors (Lipinski definition) is 4. The van der Waals surface area contributed by atoms with Gasteiger partial charge in [0.2, 0.25) is 5.91 Å². The maximum absolute atomic E-state index is 11.5. The third kappa shape index (κ3) is 6.49. The zero-order valence-electron chi connectivity index (χ0n) is 13.2. The van der Waals surface area contributed by atoms with E-state index < -0.39 is 0 Å². The molecule has 21 heavy (non-hydrogen) atoms. The largest absolute Gasteiger partial charge is 0.493 e. The van der Waals surface area contributed by atoms with Crippen LogP contribution >= 0.6 is 0 Å². The van der Waals surface area contributed by atoms with Gasteiger partial charge in [-0.25, -0.2) is 0 Å². The lowest BCUT2D eigenvalue weighted by Crippen LogP contribution is -2.35. The second kappa shape index (κ2) is 10.0. The van der Waals surface area contributed by atoms with Crippen LogP contribution in [0.25, 0.3) is 0 Å². The molecule has 1 aromatic carbocycles. The molecule has 2 N–H and O–H groups in total. The van der Waals surface area contributed by atoms with Gasteiger partial charge in [-0.1, -0.05) is 19.4 Å². The van der Waals surface area contributed by atoms with Crippen LogP contribution < -0.4 is 20.1 Å². The Morgan fingerprint density at radius 1 is 1.14 bits per heavy atom. The summed E-state index contributed by atoms with van der Waals surface area (Å²) in [6.07, 6.45) is 2.95. The monoisotopic (exact) mass is 294 g/mol. The minimum Gasteiger partial charge on any atom is -0.493 e. The number of benzene rings is 1. The third-order valence-corrected chi connectivity index (χ3v) is 3.18. The van der Waals surface area contributed by atoms with E-state index in [1.165, 1.54) is 0 Å². The second-order valence-corrected chi connectivity index (χ2v) is 4.82. The normalized spacial score (nSPS) is 10.2. The van der Waals surface area contributed by atoms with Crippen molar-refractivity contribution in [3.8, 4) is 11.5 Å². The molecule has 0 atom stereocenters. The molecule has 0 aliphatic rings. The van der Waals surface area contributed by atoms with Gasteiger partial charge in [0.05, 0.1) is 20.8 Å². The average Bonchev–Trinajstić information content (AvgIpc) is 2.51. The van der Waals surface area contributed by atoms with Crippen molar-refractivity contribution in [1.82, 2.24) is 10.6 Å². The number of amides is 1. The van der Waals surface area contributed by atoms with E-state index in [1.54, 1.807) is 14.2 Å². The van der Waals surface area contributed by atoms with E-state index in [9.17, 15) is 4.79 Å². The molecule has 0 heterocycles. The van der Waals surface area contributed by atoms with Gasteiger partial charge in [0, 0.05) is 6.54 Å². The maximum Gasteiger partial charge on any atom is 0.233 e. The Kier molecular flexibility index (Phi) is 8.28. The molecular weight excluding hydrogens is 268 g/mol. The van der Waals surface area contributed by atoms with Gasteiger partial charge in [0.1, 0.15) is 0 Å². The topological polar surface area (TPSA) is 59.6 Å². The molecule has 0 unspecified atom stereocenters. The average molecular weight is 294 g/mol. The van der Waals surface area contributed by atoms with E-state index in [1.807, 2.05) is 18.2 Å². The molecule has 1 rings (SSSR count). The highest BCUT2D eigenvalue weighted by atomic mass is 16.5. The Hall–Kier alpha value is -1.75. The van der Waals surface area contributed by atoms with Gasteiger partial charge in [-0.15, -0.1) is 0 Å². The Labute approximate surface area is 127 Å². The Balaban J connectivity index is 2.28. The number of unbranched alkanes of at least 4 members (excludes halogenated alkanes) is 1. The highest BCUT2D eigenvalue weighted by molar-refractivity contribution is 5.77. The van der Waals surface area contributed by atoms with E-state index in [2.05, 4.69) is 17.6 Å². The van der Waals surface area contributed by atoms with Crippen LogP contribution in [-0.4, -0.2) is 39.8 Å². The predicted octanol–water partition coefficient (Wildman–Crippen LogP) is 1.75. The molecular formula is C16H26N2O3. The fourth-order valence-electron chi connectivity index (χ4n) is 1.94. The summed E-state index contributed by atoms with van der Waals surface area (Å²) in [5, 5.41) is 6.02. The lowest BCUT2D eigenvalue weighted by atomic mass is 10.1. The molecule has 0 aromatic heterocycles. The minimum absolute atomic E-state index is 0.0516. The fourth-order valence-corrected chi connectivity index (χ4v) is 1.94. The van der Waals surface area contributed by atoms with Crippen LogP contribution in [0.5, 0.6) is 11.5 Å². The first-order chi connectivity index (χ1) is 10.2. The quantitative estimate of drug-likeness (QED) is 0.646. The van der Waals surface area contributed by atoms with Crippen LogP contribution in [-0.2, 0) is 11.2 Å². The molecule has 0 aliphatic heterocycles. The highest BCUT2D eigenvalue weighted by Crippen LogP contribution is 2.27. The molecule has 1 aromatic rings. The SMILES string of the molecule is CCCCNC(=O)CNCCc1ccc(OC)c(OC)c1. The van der Waals surface area contributed by atoms with Crippen molar-refractivity contribution in [3.63, 3.8) is 0 Å². The lowest BCUT2D eigenvalue weighted by molar-refractivity contribution is -0.120. The second-order valence-electron chi connectivity index (χ2n) is 4.82. The number of hydrogen-bond donors (Lipinski definition) is 2. The van der Waals surface area contributed by atoms with E-state index in [0.29, 0.717) is 6.54 Å². The van der Waals surface area contributed by atoms with E-state index in [4.69, 9.17) is 9.47 Å². The predicted molar refractivity (Wildman–Crippen MR) is 84.0 cm³/mol. The molecule has 0 bridgehead atoms. The van der Waals surface area contributed by atoms with Crippen LogP contribution in [0, 0.1) is 0 Å². The summed E-state index contributed by atoms with van der Waals surface area (Å²) in [7, 11) is 3.25. The summed E-state index contributed by atoms with van der Waals surface area (Å²) >= 11 is 0. The van der Waals surface area contributed by atoms with Crippen molar-refractivity contribution in [2.24, 2.45) is 0 Å². The lowest BCUT2D eigenvalue weighted by Gasteiger charge is -2.10. The van der Waals surface area contributed by atoms with Crippen molar-refractivity contribution >= 4 is 5.91 Å². The minimum atomic E-state index is 0.0516. The van der Waals surface area contributed by atoms with Gasteiger partial charge < -0.3 is 20.1 Å². The van der Waals surface area contributed by atoms with Gasteiger partial charge in [0.15, 0.2) is 11.5 Å². The summed E-state index contributed by atoms with van der Waals surface area (Å²) < 4.78 is 10.5. The fraction of sp³-hybridized carbons (Fsp3) is 0.562. The van der Waals surface area contributed by atoms with E-state index >= 15 is 0 Å². The van der Waals surface area contributed by atoms with Gasteiger partial charge in [-0.3, -0.25) is 4.79 Å². The Bertz CT molecular complexity index is 436. The molecule has 0 saturated carbocycles. The summed E-state index contributed by atoms with van der Waals surface area (Å²) in [5.74, 6) is 1.51. The smallest absolute Gasteiger partial charge is 0.233 e. The number of carbonyl (C=O) groups is 1. The summed E-state index contributed by atoms with van der Waals surface area (Å²) in [6.45, 7) is 3.97. The summed E-state index contributed by atoms with van der Waals surface area (Å²) in [6, 6.07) is 5.86. The number of rotatable bonds is 10. The molecule has 118 valence electrons. The molecule has 0 spiro atoms. The molecule has 0 fully saturated rings. The summed E-state index contributed by atoms with van der Waals surface area (Å²) in [4.78, 5) is 11.5. The van der Waals surface area contributed by atoms with Crippen molar-refractivity contribution in [3.05, 3.63) is 23.8 Å². The first-order valence-corrected chi connectivity index (χ1v) is 7.39. The zero-order valence-corrected chi connectivity index (χ0v) is 13.2. The third-order valence-electron chi connectivity index (χ3n) is 3.18. The van der Waals surface area contributed by atoms with Crippen LogP contribution in [0.2, 0.25) is 0 Å². The van der Waals surface area contributed by atoms with Crippen LogP contribution in [0.15, 0.2) is 18.2 Å². The number of ether oxygens (including phenoxy) is 2. The molecule has 1 amide bonds. The summed E-state index contributed by atoms with van der Waals surface area (Å²) in [5.41, 5.74) is 1.14. The van der Waals surface area contributed by atoms with Crippen LogP contribution in [0.3, 0.4) is 0 Å². The van der Waals surface area contributed by atoms with Crippen LogP contribution in [0.4, 0.5) is 0 Å². The first-order valence-electron chi connectivity index (χ1n) is 7.39. The van der Waals surface area contributed by atoms with Crippen molar-refractivity contribution in [2.45, 2.75) is 26.2 Å². The van der Waals surface area contributed by atoms with E-state index in [-0.39, 0.29) is 5.91 Å². The Morgan fingerprint density at radius 2 is 1.90 bits per heavy atom. The number of carbonyl (C=O) groups excluding carboxylic acids is 1. The molecule has 0 saturated heterocycles. The van der Waals surface area contributed by atoms with Gasteiger partial charge in [-0.2, -0.15) is 0 Å². The highest BCUT2D eigenvalue weighted by Gasteiger charge is 2.04. The van der Waals surface area contributed by atoms with E-state index in [0.717, 1.165) is 49.4 Å². The van der Waals surface area contributed by atoms with Crippen molar-refractivity contribution < 1.29 is 14.3 Å². The van der Waals surface area contributed by atoms with Gasteiger partial charge >= 0.3 is 0 Å². The van der Waals surface area contributed by atoms with Crippen LogP contribution in [0.1, 0.15) is 25.3 Å². The Morgan fingerprint density at radius 3 is 2.57 bits per heavy atom. The van der Waals surface area contributed by atoms with Crippen molar-refractivity contribution in [2.75, 3.05) is 33.9 Å². The molecule has 5 nitrogen and oxygen atoms in total. The molecule has 0 aliphatic carbocycles. The first kappa shape index (κ1) is 17.3. The standard InChI is InChI=1S/C16H26N2O3/c1-4-5-9-18-16(19)12-17-10-8-13-6-7-14(20-2)15(11-13)21-3/h6-7,11,17H,4-5,8-10,12H2,1-3H3,(H,18,19). The number of methoxy groups -OCH3 is 2. The van der Waals surface area contributed by atoms with Gasteiger partial charge in [-0.05, 0) is 37.1 Å².